The molecule has 0 unspecified atom stereocenters. The van der Waals surface area contributed by atoms with E-state index >= 15 is 0 Å². The Bertz CT molecular complexity index is 1380. The van der Waals surface area contributed by atoms with Gasteiger partial charge in [-0.1, -0.05) is 6.07 Å². The molecule has 12 nitrogen and oxygen atoms in total. The van der Waals surface area contributed by atoms with E-state index in [1.165, 1.54) is 12.1 Å². The highest BCUT2D eigenvalue weighted by Crippen LogP contribution is 2.47. The van der Waals surface area contributed by atoms with Crippen LogP contribution in [0.25, 0.3) is 0 Å². The zero-order valence-corrected chi connectivity index (χ0v) is 21.0. The molecule has 2 saturated heterocycles. The summed E-state index contributed by atoms with van der Waals surface area (Å²) in [5, 5.41) is 13.9. The number of hydrogen-bond donors (Lipinski definition) is 1. The number of ether oxygens (including phenoxy) is 2. The molecule has 6 rings (SSSR count). The molecule has 4 heterocycles. The molecular weight excluding hydrogens is 494 g/mol. The van der Waals surface area contributed by atoms with Crippen LogP contribution >= 0.6 is 0 Å². The number of carbonyl (C=O) groups is 3. The van der Waals surface area contributed by atoms with Gasteiger partial charge in [-0.05, 0) is 43.2 Å². The van der Waals surface area contributed by atoms with Crippen LogP contribution in [0.15, 0.2) is 36.4 Å². The van der Waals surface area contributed by atoms with E-state index in [1.54, 1.807) is 19.9 Å². The normalized spacial score (nSPS) is 24.5. The molecule has 1 spiro atoms. The zero-order chi connectivity index (χ0) is 26.8. The average Bonchev–Trinajstić information content (AvgIpc) is 3.34. The smallest absolute Gasteiger partial charge is 0.331 e. The molecule has 0 aromatic heterocycles. The molecule has 38 heavy (non-hydrogen) atoms. The highest BCUT2D eigenvalue weighted by molar-refractivity contribution is 6.20. The first kappa shape index (κ1) is 24.2. The van der Waals surface area contributed by atoms with E-state index in [-0.39, 0.29) is 18.9 Å². The van der Waals surface area contributed by atoms with Gasteiger partial charge in [-0.3, -0.25) is 34.8 Å². The number of non-ortho nitro benzene ring substituents is 1. The molecule has 2 fully saturated rings. The maximum Gasteiger partial charge on any atom is 0.331 e. The Kier molecular flexibility index (Phi) is 5.53. The van der Waals surface area contributed by atoms with Crippen molar-refractivity contribution in [1.29, 1.82) is 0 Å². The first-order valence-corrected chi connectivity index (χ1v) is 12.5. The van der Waals surface area contributed by atoms with Crippen LogP contribution in [0.3, 0.4) is 0 Å². The van der Waals surface area contributed by atoms with E-state index in [0.29, 0.717) is 43.2 Å². The second kappa shape index (κ2) is 8.69. The van der Waals surface area contributed by atoms with Crippen molar-refractivity contribution in [1.82, 2.24) is 15.1 Å². The Morgan fingerprint density at radius 2 is 1.89 bits per heavy atom. The highest BCUT2D eigenvalue weighted by Gasteiger charge is 2.63. The molecule has 2 atom stereocenters. The number of hydrogen-bond acceptors (Lipinski definition) is 9. The SMILES string of the molecule is CC(C)N1C(=O)NC(=O)[C@]2(Cc3cc([N+](=O)[O-])ccc3N3CCN(Cc4ccc5c(c4)OCO5)C[C@H]32)C1=O. The van der Waals surface area contributed by atoms with Crippen molar-refractivity contribution in [2.24, 2.45) is 5.41 Å². The minimum Gasteiger partial charge on any atom is -0.454 e. The number of piperazine rings is 1. The number of benzene rings is 2. The predicted octanol–water partition coefficient (Wildman–Crippen LogP) is 2.04. The summed E-state index contributed by atoms with van der Waals surface area (Å²) >= 11 is 0. The molecule has 4 aliphatic heterocycles. The second-order valence-corrected chi connectivity index (χ2v) is 10.4. The largest absolute Gasteiger partial charge is 0.454 e. The summed E-state index contributed by atoms with van der Waals surface area (Å²) in [5.74, 6) is 0.136. The van der Waals surface area contributed by atoms with E-state index in [9.17, 15) is 24.5 Å². The fourth-order valence-corrected chi connectivity index (χ4v) is 6.11. The average molecular weight is 522 g/mol. The topological polar surface area (TPSA) is 135 Å². The molecule has 2 aromatic carbocycles. The Balaban J connectivity index is 1.40. The second-order valence-electron chi connectivity index (χ2n) is 10.4. The van der Waals surface area contributed by atoms with Gasteiger partial charge in [-0.2, -0.15) is 0 Å². The minimum atomic E-state index is -1.62. The van der Waals surface area contributed by atoms with Crippen LogP contribution < -0.4 is 19.7 Å². The third-order valence-electron chi connectivity index (χ3n) is 7.89. The van der Waals surface area contributed by atoms with Crippen LogP contribution in [-0.2, 0) is 22.6 Å². The van der Waals surface area contributed by atoms with Crippen LogP contribution in [-0.4, -0.2) is 71.1 Å². The lowest BCUT2D eigenvalue weighted by Gasteiger charge is -2.55. The Morgan fingerprint density at radius 3 is 2.66 bits per heavy atom. The highest BCUT2D eigenvalue weighted by atomic mass is 16.7. The Labute approximate surface area is 218 Å². The summed E-state index contributed by atoms with van der Waals surface area (Å²) in [6.45, 7) is 5.69. The fourth-order valence-electron chi connectivity index (χ4n) is 6.11. The van der Waals surface area contributed by atoms with Gasteiger partial charge in [0.1, 0.15) is 0 Å². The monoisotopic (exact) mass is 521 g/mol. The number of nitrogens with one attached hydrogen (secondary N) is 1. The fraction of sp³-hybridized carbons (Fsp3) is 0.423. The molecule has 0 bridgehead atoms. The van der Waals surface area contributed by atoms with Crippen molar-refractivity contribution in [3.8, 4) is 11.5 Å². The van der Waals surface area contributed by atoms with Gasteiger partial charge in [-0.15, -0.1) is 0 Å². The number of carbonyl (C=O) groups excluding carboxylic acids is 3. The summed E-state index contributed by atoms with van der Waals surface area (Å²) in [6.07, 6.45) is -0.0375. The van der Waals surface area contributed by atoms with Gasteiger partial charge in [-0.25, -0.2) is 4.79 Å². The van der Waals surface area contributed by atoms with Gasteiger partial charge in [0.25, 0.3) is 5.69 Å². The van der Waals surface area contributed by atoms with Crippen LogP contribution in [0, 0.1) is 15.5 Å². The summed E-state index contributed by atoms with van der Waals surface area (Å²) in [7, 11) is 0. The van der Waals surface area contributed by atoms with Crippen LogP contribution in [0.5, 0.6) is 11.5 Å². The molecule has 12 heteroatoms. The lowest BCUT2D eigenvalue weighted by molar-refractivity contribution is -0.384. The van der Waals surface area contributed by atoms with Gasteiger partial charge in [0.05, 0.1) is 11.0 Å². The van der Waals surface area contributed by atoms with Gasteiger partial charge < -0.3 is 14.4 Å². The van der Waals surface area contributed by atoms with E-state index in [4.69, 9.17) is 9.47 Å². The number of rotatable bonds is 4. The number of barbiturate groups is 1. The molecule has 0 saturated carbocycles. The summed E-state index contributed by atoms with van der Waals surface area (Å²) in [4.78, 5) is 56.7. The van der Waals surface area contributed by atoms with Crippen molar-refractivity contribution in [3.05, 3.63) is 57.6 Å². The third kappa shape index (κ3) is 3.58. The quantitative estimate of drug-likeness (QED) is 0.364. The summed E-state index contributed by atoms with van der Waals surface area (Å²) in [6, 6.07) is 8.52. The predicted molar refractivity (Wildman–Crippen MR) is 134 cm³/mol. The van der Waals surface area contributed by atoms with Crippen molar-refractivity contribution < 1.29 is 28.8 Å². The number of amides is 4. The molecule has 1 N–H and O–H groups in total. The van der Waals surface area contributed by atoms with E-state index in [0.717, 1.165) is 16.2 Å². The Morgan fingerprint density at radius 1 is 1.11 bits per heavy atom. The summed E-state index contributed by atoms with van der Waals surface area (Å²) < 4.78 is 10.9. The molecule has 4 amide bonds. The maximum atomic E-state index is 14.1. The molecule has 4 aliphatic rings. The van der Waals surface area contributed by atoms with E-state index in [2.05, 4.69) is 10.2 Å². The number of urea groups is 1. The molecule has 0 aliphatic carbocycles. The lowest BCUT2D eigenvalue weighted by Crippen LogP contribution is -2.75. The number of nitro groups is 1. The van der Waals surface area contributed by atoms with Crippen LogP contribution in [0.1, 0.15) is 25.0 Å². The van der Waals surface area contributed by atoms with Gasteiger partial charge >= 0.3 is 6.03 Å². The van der Waals surface area contributed by atoms with E-state index in [1.807, 2.05) is 23.1 Å². The third-order valence-corrected chi connectivity index (χ3v) is 7.89. The summed E-state index contributed by atoms with van der Waals surface area (Å²) in [5.41, 5.74) is 0.582. The first-order chi connectivity index (χ1) is 18.2. The molecular formula is C26H27N5O7. The zero-order valence-electron chi connectivity index (χ0n) is 21.0. The van der Waals surface area contributed by atoms with Crippen molar-refractivity contribution in [2.45, 2.75) is 38.9 Å². The van der Waals surface area contributed by atoms with Crippen LogP contribution in [0.2, 0.25) is 0 Å². The van der Waals surface area contributed by atoms with Crippen molar-refractivity contribution in [3.63, 3.8) is 0 Å². The van der Waals surface area contributed by atoms with Crippen molar-refractivity contribution >= 4 is 29.2 Å². The number of anilines is 1. The van der Waals surface area contributed by atoms with Crippen molar-refractivity contribution in [2.75, 3.05) is 31.3 Å². The number of nitrogens with zero attached hydrogens (tertiary/aromatic N) is 4. The van der Waals surface area contributed by atoms with Crippen LogP contribution in [0.4, 0.5) is 16.2 Å². The van der Waals surface area contributed by atoms with E-state index < -0.39 is 40.3 Å². The first-order valence-electron chi connectivity index (χ1n) is 12.5. The molecule has 0 radical (unpaired) electrons. The number of nitro benzene ring substituents is 1. The standard InChI is InChI=1S/C26H27N5O7/c1-15(2)30-24(33)26(23(32)27-25(30)34)11-17-10-18(31(35)36)4-5-19(17)29-8-7-28(13-22(26)29)12-16-3-6-20-21(9-16)38-14-37-20/h3-6,9-10,15,22H,7-8,11-14H2,1-2H3,(H,27,32,34)/t22-,26+/m0/s1. The number of fused-ring (bicyclic) bond motifs is 5. The maximum absolute atomic E-state index is 14.1. The van der Waals surface area contributed by atoms with Gasteiger partial charge in [0, 0.05) is 56.5 Å². The molecule has 198 valence electrons. The number of imide groups is 2. The molecule has 2 aromatic rings. The van der Waals surface area contributed by atoms with Gasteiger partial charge in [0.15, 0.2) is 16.9 Å². The van der Waals surface area contributed by atoms with Gasteiger partial charge in [0.2, 0.25) is 18.6 Å². The minimum absolute atomic E-state index is 0.0375. The Hall–Kier alpha value is -4.19. The lowest BCUT2D eigenvalue weighted by atomic mass is 9.67.